The molecule has 3 rings (SSSR count). The molecule has 7 nitrogen and oxygen atoms in total. The number of anilines is 2. The number of fused-ring (bicyclic) bond motifs is 1. The largest absolute Gasteiger partial charge is 0.453 e. The maximum absolute atomic E-state index is 12.3. The van der Waals surface area contributed by atoms with Crippen LogP contribution < -0.4 is 10.2 Å². The molecule has 1 N–H and O–H groups in total. The van der Waals surface area contributed by atoms with Crippen molar-refractivity contribution in [3.8, 4) is 0 Å². The fraction of sp³-hybridized carbons (Fsp3) is 0.300. The Labute approximate surface area is 176 Å². The highest BCUT2D eigenvalue weighted by Gasteiger charge is 2.17. The van der Waals surface area contributed by atoms with Crippen LogP contribution in [0.2, 0.25) is 0 Å². The number of esters is 1. The summed E-state index contributed by atoms with van der Waals surface area (Å²) in [5.41, 5.74) is 1.04. The number of ketones is 1. The smallest absolute Gasteiger partial charge is 0.348 e. The molecule has 0 atom stereocenters. The summed E-state index contributed by atoms with van der Waals surface area (Å²) in [6, 6.07) is 8.26. The second kappa shape index (κ2) is 9.15. The number of Topliss-reactive ketones (excluding diaryl/α,β-unsaturated/α-hetero) is 1. The van der Waals surface area contributed by atoms with E-state index in [1.165, 1.54) is 22.7 Å². The molecule has 0 aliphatic carbocycles. The van der Waals surface area contributed by atoms with Crippen LogP contribution in [0.4, 0.5) is 10.8 Å². The Bertz CT molecular complexity index is 1010. The normalized spacial score (nSPS) is 10.7. The summed E-state index contributed by atoms with van der Waals surface area (Å²) in [5, 5.41) is 3.63. The average Bonchev–Trinajstić information content (AvgIpc) is 3.26. The summed E-state index contributed by atoms with van der Waals surface area (Å²) in [6.45, 7) is 1.59. The Balaban J connectivity index is 1.56. The standard InChI is InChI=1S/C20H21N3O4S2/c1-4-5-17(25)21-13-8-6-12(7-9-13)14(24)11-27-19(26)16-10-15-18(28-16)22-20(29-15)23(2)3/h6-10H,4-5,11H2,1-3H3,(H,21,25). The number of thiazole rings is 1. The van der Waals surface area contributed by atoms with Gasteiger partial charge in [-0.3, -0.25) is 9.59 Å². The summed E-state index contributed by atoms with van der Waals surface area (Å²) >= 11 is 2.74. The molecule has 9 heteroatoms. The molecule has 0 fully saturated rings. The summed E-state index contributed by atoms with van der Waals surface area (Å²) < 4.78 is 6.08. The van der Waals surface area contributed by atoms with Crippen molar-refractivity contribution >= 4 is 60.7 Å². The van der Waals surface area contributed by atoms with Gasteiger partial charge in [0.2, 0.25) is 5.91 Å². The topological polar surface area (TPSA) is 88.6 Å². The zero-order valence-corrected chi connectivity index (χ0v) is 18.0. The van der Waals surface area contributed by atoms with E-state index in [0.29, 0.717) is 22.5 Å². The summed E-state index contributed by atoms with van der Waals surface area (Å²) in [7, 11) is 3.82. The minimum Gasteiger partial charge on any atom is -0.453 e. The lowest BCUT2D eigenvalue weighted by Crippen LogP contribution is -2.14. The summed E-state index contributed by atoms with van der Waals surface area (Å²) in [5.74, 6) is -0.914. The fourth-order valence-electron chi connectivity index (χ4n) is 2.49. The predicted octanol–water partition coefficient (Wildman–Crippen LogP) is 4.20. The fourth-order valence-corrected chi connectivity index (χ4v) is 4.52. The van der Waals surface area contributed by atoms with E-state index >= 15 is 0 Å². The molecule has 3 aromatic rings. The number of nitrogens with zero attached hydrogens (tertiary/aromatic N) is 2. The van der Waals surface area contributed by atoms with Crippen molar-refractivity contribution in [1.82, 2.24) is 4.98 Å². The molecule has 2 heterocycles. The highest BCUT2D eigenvalue weighted by atomic mass is 32.1. The van der Waals surface area contributed by atoms with Gasteiger partial charge in [-0.15, -0.1) is 11.3 Å². The SMILES string of the molecule is CCCC(=O)Nc1ccc(C(=O)COC(=O)c2cc3sc(N(C)C)nc3s2)cc1. The number of amides is 1. The molecule has 0 saturated heterocycles. The number of thiophene rings is 1. The van der Waals surface area contributed by atoms with Gasteiger partial charge in [0, 0.05) is 31.8 Å². The Kier molecular flexibility index (Phi) is 6.60. The number of nitrogens with one attached hydrogen (secondary N) is 1. The van der Waals surface area contributed by atoms with Crippen molar-refractivity contribution < 1.29 is 19.1 Å². The number of hydrogen-bond acceptors (Lipinski definition) is 8. The molecule has 29 heavy (non-hydrogen) atoms. The summed E-state index contributed by atoms with van der Waals surface area (Å²) in [4.78, 5) is 43.7. The number of ether oxygens (including phenoxy) is 1. The van der Waals surface area contributed by atoms with Crippen molar-refractivity contribution in [2.24, 2.45) is 0 Å². The van der Waals surface area contributed by atoms with Gasteiger partial charge >= 0.3 is 5.97 Å². The van der Waals surface area contributed by atoms with Gasteiger partial charge in [-0.05, 0) is 36.8 Å². The number of carbonyl (C=O) groups excluding carboxylic acids is 3. The van der Waals surface area contributed by atoms with Gasteiger partial charge in [-0.1, -0.05) is 18.3 Å². The minimum absolute atomic E-state index is 0.0662. The molecule has 0 bridgehead atoms. The maximum Gasteiger partial charge on any atom is 0.348 e. The van der Waals surface area contributed by atoms with Gasteiger partial charge in [-0.25, -0.2) is 9.78 Å². The molecule has 2 aromatic heterocycles. The summed E-state index contributed by atoms with van der Waals surface area (Å²) in [6.07, 6.45) is 1.21. The second-order valence-corrected chi connectivity index (χ2v) is 8.59. The van der Waals surface area contributed by atoms with Gasteiger partial charge in [-0.2, -0.15) is 0 Å². The van der Waals surface area contributed by atoms with Crippen LogP contribution >= 0.6 is 22.7 Å². The highest BCUT2D eigenvalue weighted by Crippen LogP contribution is 2.34. The first kappa shape index (κ1) is 20.9. The number of rotatable bonds is 8. The molecule has 0 spiro atoms. The van der Waals surface area contributed by atoms with Gasteiger partial charge in [0.1, 0.15) is 9.71 Å². The lowest BCUT2D eigenvalue weighted by Gasteiger charge is -2.06. The predicted molar refractivity (Wildman–Crippen MR) is 116 cm³/mol. The molecule has 0 radical (unpaired) electrons. The van der Waals surface area contributed by atoms with Crippen LogP contribution in [0.25, 0.3) is 9.53 Å². The van der Waals surface area contributed by atoms with E-state index in [0.717, 1.165) is 21.1 Å². The van der Waals surface area contributed by atoms with E-state index in [1.807, 2.05) is 25.9 Å². The van der Waals surface area contributed by atoms with Crippen molar-refractivity contribution in [3.05, 3.63) is 40.8 Å². The zero-order chi connectivity index (χ0) is 21.0. The van der Waals surface area contributed by atoms with Crippen molar-refractivity contribution in [1.29, 1.82) is 0 Å². The van der Waals surface area contributed by atoms with Crippen molar-refractivity contribution in [2.75, 3.05) is 30.9 Å². The number of benzene rings is 1. The highest BCUT2D eigenvalue weighted by molar-refractivity contribution is 7.29. The number of hydrogen-bond donors (Lipinski definition) is 1. The van der Waals surface area contributed by atoms with E-state index < -0.39 is 5.97 Å². The van der Waals surface area contributed by atoms with E-state index in [4.69, 9.17) is 4.74 Å². The van der Waals surface area contributed by atoms with Crippen LogP contribution in [0.5, 0.6) is 0 Å². The van der Waals surface area contributed by atoms with Gasteiger partial charge in [0.25, 0.3) is 0 Å². The third-order valence-corrected chi connectivity index (χ3v) is 6.27. The molecule has 0 aliphatic heterocycles. The molecule has 1 amide bonds. The average molecular weight is 432 g/mol. The van der Waals surface area contributed by atoms with Crippen LogP contribution in [0.3, 0.4) is 0 Å². The van der Waals surface area contributed by atoms with Crippen LogP contribution in [-0.4, -0.2) is 43.3 Å². The van der Waals surface area contributed by atoms with Gasteiger partial charge in [0.05, 0.1) is 4.70 Å². The van der Waals surface area contributed by atoms with E-state index in [-0.39, 0.29) is 18.3 Å². The van der Waals surface area contributed by atoms with Crippen LogP contribution in [0.1, 0.15) is 39.8 Å². The number of aromatic nitrogens is 1. The molecule has 1 aromatic carbocycles. The third kappa shape index (κ3) is 5.18. The molecule has 0 unspecified atom stereocenters. The van der Waals surface area contributed by atoms with Gasteiger partial charge < -0.3 is 15.0 Å². The van der Waals surface area contributed by atoms with Crippen LogP contribution in [-0.2, 0) is 9.53 Å². The van der Waals surface area contributed by atoms with Gasteiger partial charge in [0.15, 0.2) is 17.5 Å². The first-order chi connectivity index (χ1) is 13.9. The monoisotopic (exact) mass is 431 g/mol. The minimum atomic E-state index is -0.539. The molecular weight excluding hydrogens is 410 g/mol. The first-order valence-corrected chi connectivity index (χ1v) is 10.7. The first-order valence-electron chi connectivity index (χ1n) is 9.05. The van der Waals surface area contributed by atoms with E-state index in [1.54, 1.807) is 30.3 Å². The van der Waals surface area contributed by atoms with E-state index in [9.17, 15) is 14.4 Å². The Hall–Kier alpha value is -2.78. The Morgan fingerprint density at radius 2 is 1.86 bits per heavy atom. The molecule has 152 valence electrons. The second-order valence-electron chi connectivity index (χ2n) is 6.55. The zero-order valence-electron chi connectivity index (χ0n) is 16.4. The van der Waals surface area contributed by atoms with Crippen LogP contribution in [0.15, 0.2) is 30.3 Å². The van der Waals surface area contributed by atoms with E-state index in [2.05, 4.69) is 10.3 Å². The Morgan fingerprint density at radius 3 is 2.48 bits per heavy atom. The third-order valence-electron chi connectivity index (χ3n) is 3.96. The molecular formula is C20H21N3O4S2. The van der Waals surface area contributed by atoms with Crippen LogP contribution in [0, 0.1) is 0 Å². The maximum atomic E-state index is 12.3. The van der Waals surface area contributed by atoms with Crippen molar-refractivity contribution in [2.45, 2.75) is 19.8 Å². The molecule has 0 saturated carbocycles. The number of carbonyl (C=O) groups is 3. The van der Waals surface area contributed by atoms with Crippen molar-refractivity contribution in [3.63, 3.8) is 0 Å². The lowest BCUT2D eigenvalue weighted by molar-refractivity contribution is -0.116. The lowest BCUT2D eigenvalue weighted by atomic mass is 10.1. The Morgan fingerprint density at radius 1 is 1.14 bits per heavy atom. The quantitative estimate of drug-likeness (QED) is 0.425. The molecule has 0 aliphatic rings.